The largest absolute Gasteiger partial charge is 0.349 e. The SMILES string of the molecule is Cc1c(Br)[nH]c2cc(Br)c(Br)cc12. The van der Waals surface area contributed by atoms with Crippen LogP contribution >= 0.6 is 47.8 Å². The lowest BCUT2D eigenvalue weighted by Gasteiger charge is -1.96. The van der Waals surface area contributed by atoms with Crippen LogP contribution in [0.25, 0.3) is 10.9 Å². The lowest BCUT2D eigenvalue weighted by Crippen LogP contribution is -1.72. The van der Waals surface area contributed by atoms with Gasteiger partial charge in [-0.15, -0.1) is 0 Å². The summed E-state index contributed by atoms with van der Waals surface area (Å²) in [7, 11) is 0. The van der Waals surface area contributed by atoms with E-state index in [9.17, 15) is 0 Å². The van der Waals surface area contributed by atoms with Crippen molar-refractivity contribution in [2.75, 3.05) is 0 Å². The Morgan fingerprint density at radius 2 is 1.69 bits per heavy atom. The van der Waals surface area contributed by atoms with Gasteiger partial charge in [-0.05, 0) is 72.4 Å². The summed E-state index contributed by atoms with van der Waals surface area (Å²) in [4.78, 5) is 3.26. The van der Waals surface area contributed by atoms with Gasteiger partial charge in [-0.1, -0.05) is 0 Å². The van der Waals surface area contributed by atoms with Crippen LogP contribution in [0.3, 0.4) is 0 Å². The third-order valence-electron chi connectivity index (χ3n) is 2.04. The van der Waals surface area contributed by atoms with Gasteiger partial charge in [0.2, 0.25) is 0 Å². The highest BCUT2D eigenvalue weighted by Gasteiger charge is 2.07. The fourth-order valence-electron chi connectivity index (χ4n) is 1.29. The predicted octanol–water partition coefficient (Wildman–Crippen LogP) is 4.76. The number of halogens is 3. The van der Waals surface area contributed by atoms with Crippen molar-refractivity contribution < 1.29 is 0 Å². The van der Waals surface area contributed by atoms with Crippen molar-refractivity contribution in [3.05, 3.63) is 31.2 Å². The standard InChI is InChI=1S/C9H6Br3N/c1-4-5-2-6(10)7(11)3-8(5)13-9(4)12/h2-3,13H,1H3. The summed E-state index contributed by atoms with van der Waals surface area (Å²) >= 11 is 10.4. The first-order chi connectivity index (χ1) is 6.09. The minimum atomic E-state index is 1.05. The Bertz CT molecular complexity index is 473. The highest BCUT2D eigenvalue weighted by molar-refractivity contribution is 9.13. The molecule has 0 bridgehead atoms. The first-order valence-electron chi connectivity index (χ1n) is 3.72. The maximum atomic E-state index is 3.48. The second-order valence-electron chi connectivity index (χ2n) is 2.88. The number of aromatic nitrogens is 1. The molecule has 0 aliphatic carbocycles. The minimum absolute atomic E-state index is 1.05. The van der Waals surface area contributed by atoms with Crippen LogP contribution in [0, 0.1) is 6.92 Å². The van der Waals surface area contributed by atoms with Crippen LogP contribution in [0.15, 0.2) is 25.7 Å². The Hall–Kier alpha value is 0.200. The fourth-order valence-corrected chi connectivity index (χ4v) is 2.40. The van der Waals surface area contributed by atoms with Crippen LogP contribution in [0.5, 0.6) is 0 Å². The first kappa shape index (κ1) is 9.74. The lowest BCUT2D eigenvalue weighted by molar-refractivity contribution is 1.36. The number of hydrogen-bond donors (Lipinski definition) is 1. The van der Waals surface area contributed by atoms with Crippen molar-refractivity contribution in [3.63, 3.8) is 0 Å². The van der Waals surface area contributed by atoms with Gasteiger partial charge in [0.1, 0.15) is 0 Å². The van der Waals surface area contributed by atoms with Crippen LogP contribution in [0.4, 0.5) is 0 Å². The molecule has 0 aliphatic heterocycles. The molecule has 68 valence electrons. The molecule has 13 heavy (non-hydrogen) atoms. The van der Waals surface area contributed by atoms with Gasteiger partial charge in [-0.25, -0.2) is 0 Å². The van der Waals surface area contributed by atoms with Gasteiger partial charge in [0, 0.05) is 19.8 Å². The van der Waals surface area contributed by atoms with Crippen LogP contribution in [-0.2, 0) is 0 Å². The normalized spacial score (nSPS) is 11.1. The summed E-state index contributed by atoms with van der Waals surface area (Å²) in [5.74, 6) is 0. The van der Waals surface area contributed by atoms with Gasteiger partial charge in [0.25, 0.3) is 0 Å². The summed E-state index contributed by atoms with van der Waals surface area (Å²) in [6.07, 6.45) is 0. The third-order valence-corrected chi connectivity index (χ3v) is 4.68. The maximum Gasteiger partial charge on any atom is 0.0860 e. The van der Waals surface area contributed by atoms with Gasteiger partial charge >= 0.3 is 0 Å². The van der Waals surface area contributed by atoms with E-state index in [2.05, 4.69) is 71.8 Å². The number of fused-ring (bicyclic) bond motifs is 1. The molecule has 0 saturated heterocycles. The zero-order valence-corrected chi connectivity index (χ0v) is 11.5. The Balaban J connectivity index is 2.89. The molecule has 0 aliphatic rings. The Morgan fingerprint density at radius 3 is 2.38 bits per heavy atom. The average molecular weight is 368 g/mol. The number of rotatable bonds is 0. The van der Waals surface area contributed by atoms with E-state index in [1.165, 1.54) is 10.9 Å². The number of H-pyrrole nitrogens is 1. The summed E-state index contributed by atoms with van der Waals surface area (Å²) in [6, 6.07) is 4.17. The smallest absolute Gasteiger partial charge is 0.0860 e. The van der Waals surface area contributed by atoms with E-state index in [0.29, 0.717) is 0 Å². The third kappa shape index (κ3) is 1.60. The minimum Gasteiger partial charge on any atom is -0.349 e. The second kappa shape index (κ2) is 3.41. The molecule has 1 aromatic heterocycles. The molecular formula is C9H6Br3N. The van der Waals surface area contributed by atoms with Crippen LogP contribution in [-0.4, -0.2) is 4.98 Å². The number of aryl methyl sites for hydroxylation is 1. The van der Waals surface area contributed by atoms with Crippen molar-refractivity contribution in [1.29, 1.82) is 0 Å². The zero-order chi connectivity index (χ0) is 9.59. The molecule has 0 atom stereocenters. The Kier molecular flexibility index (Phi) is 2.55. The molecule has 0 saturated carbocycles. The first-order valence-corrected chi connectivity index (χ1v) is 6.10. The topological polar surface area (TPSA) is 15.8 Å². The lowest BCUT2D eigenvalue weighted by atomic mass is 10.2. The summed E-state index contributed by atoms with van der Waals surface area (Å²) in [5, 5.41) is 1.24. The molecule has 0 amide bonds. The van der Waals surface area contributed by atoms with E-state index < -0.39 is 0 Å². The molecule has 0 spiro atoms. The van der Waals surface area contributed by atoms with E-state index in [-0.39, 0.29) is 0 Å². The number of hydrogen-bond acceptors (Lipinski definition) is 0. The van der Waals surface area contributed by atoms with Crippen molar-refractivity contribution in [1.82, 2.24) is 4.98 Å². The molecule has 0 fully saturated rings. The summed E-state index contributed by atoms with van der Waals surface area (Å²) < 4.78 is 3.19. The molecular weight excluding hydrogens is 362 g/mol. The summed E-state index contributed by atoms with van der Waals surface area (Å²) in [5.41, 5.74) is 2.38. The molecule has 1 aromatic carbocycles. The van der Waals surface area contributed by atoms with E-state index in [0.717, 1.165) is 19.1 Å². The van der Waals surface area contributed by atoms with Crippen molar-refractivity contribution in [2.24, 2.45) is 0 Å². The van der Waals surface area contributed by atoms with Crippen molar-refractivity contribution >= 4 is 58.7 Å². The Labute approximate surface area is 101 Å². The monoisotopic (exact) mass is 365 g/mol. The molecule has 1 heterocycles. The fraction of sp³-hybridized carbons (Fsp3) is 0.111. The van der Waals surface area contributed by atoms with E-state index >= 15 is 0 Å². The molecule has 2 rings (SSSR count). The highest BCUT2D eigenvalue weighted by atomic mass is 79.9. The van der Waals surface area contributed by atoms with E-state index in [1.807, 2.05) is 0 Å². The maximum absolute atomic E-state index is 3.48. The predicted molar refractivity (Wildman–Crippen MR) is 66.1 cm³/mol. The summed E-state index contributed by atoms with van der Waals surface area (Å²) in [6.45, 7) is 2.09. The number of aromatic amines is 1. The molecule has 0 radical (unpaired) electrons. The second-order valence-corrected chi connectivity index (χ2v) is 5.38. The average Bonchev–Trinajstić information content (AvgIpc) is 2.32. The van der Waals surface area contributed by atoms with Crippen LogP contribution in [0.1, 0.15) is 5.56 Å². The van der Waals surface area contributed by atoms with Gasteiger partial charge in [0.15, 0.2) is 0 Å². The van der Waals surface area contributed by atoms with E-state index in [1.54, 1.807) is 0 Å². The van der Waals surface area contributed by atoms with Crippen LogP contribution < -0.4 is 0 Å². The molecule has 2 aromatic rings. The number of benzene rings is 1. The highest BCUT2D eigenvalue weighted by Crippen LogP contribution is 2.32. The molecule has 0 unspecified atom stereocenters. The zero-order valence-electron chi connectivity index (χ0n) is 6.79. The van der Waals surface area contributed by atoms with Crippen molar-refractivity contribution in [3.8, 4) is 0 Å². The molecule has 1 nitrogen and oxygen atoms in total. The van der Waals surface area contributed by atoms with Gasteiger partial charge in [0.05, 0.1) is 4.60 Å². The van der Waals surface area contributed by atoms with Crippen molar-refractivity contribution in [2.45, 2.75) is 6.92 Å². The number of nitrogens with one attached hydrogen (secondary N) is 1. The van der Waals surface area contributed by atoms with Gasteiger partial charge in [-0.3, -0.25) is 0 Å². The van der Waals surface area contributed by atoms with E-state index in [4.69, 9.17) is 0 Å². The quantitative estimate of drug-likeness (QED) is 0.690. The molecule has 4 heteroatoms. The van der Waals surface area contributed by atoms with Gasteiger partial charge in [-0.2, -0.15) is 0 Å². The molecule has 1 N–H and O–H groups in total. The van der Waals surface area contributed by atoms with Crippen LogP contribution in [0.2, 0.25) is 0 Å². The van der Waals surface area contributed by atoms with Gasteiger partial charge < -0.3 is 4.98 Å². The Morgan fingerprint density at radius 1 is 1.08 bits per heavy atom.